The largest absolute Gasteiger partial charge is 0.493 e. The van der Waals surface area contributed by atoms with E-state index in [1.807, 2.05) is 31.4 Å². The van der Waals surface area contributed by atoms with Gasteiger partial charge in [-0.15, -0.1) is 11.3 Å². The van der Waals surface area contributed by atoms with Crippen molar-refractivity contribution >= 4 is 40.7 Å². The Morgan fingerprint density at radius 3 is 2.48 bits per heavy atom. The fourth-order valence-electron chi connectivity index (χ4n) is 5.44. The third-order valence-electron chi connectivity index (χ3n) is 7.89. The number of benzene rings is 2. The Morgan fingerprint density at radius 2 is 1.73 bits per heavy atom. The van der Waals surface area contributed by atoms with Crippen molar-refractivity contribution in [3.05, 3.63) is 87.6 Å². The lowest BCUT2D eigenvalue weighted by atomic mass is 9.93. The molecule has 3 amide bonds. The van der Waals surface area contributed by atoms with Gasteiger partial charge in [0.05, 0.1) is 20.1 Å². The third-order valence-corrected chi connectivity index (χ3v) is 8.88. The Balaban J connectivity index is 1.65. The zero-order chi connectivity index (χ0) is 34.2. The number of nitrogens with zero attached hydrogens (tertiary/aromatic N) is 1. The number of nitrogens with one attached hydrogen (secondary N) is 3. The highest BCUT2D eigenvalue weighted by Gasteiger charge is 2.27. The first-order valence-corrected chi connectivity index (χ1v) is 16.8. The number of carbonyl (C=O) groups is 4. The number of anilines is 1. The van der Waals surface area contributed by atoms with E-state index in [0.717, 1.165) is 34.4 Å². The topological polar surface area (TPSA) is 162 Å². The van der Waals surface area contributed by atoms with Gasteiger partial charge in [-0.3, -0.25) is 14.4 Å². The molecule has 4 aromatic rings. The number of methoxy groups -OCH3 is 1. The summed E-state index contributed by atoms with van der Waals surface area (Å²) < 4.78 is 11.2. The Labute approximate surface area is 283 Å². The van der Waals surface area contributed by atoms with Gasteiger partial charge >= 0.3 is 5.97 Å². The van der Waals surface area contributed by atoms with Gasteiger partial charge in [0.25, 0.3) is 11.8 Å². The molecule has 2 aromatic carbocycles. The number of pyridine rings is 1. The number of rotatable bonds is 12. The predicted octanol–water partition coefficient (Wildman–Crippen LogP) is 5.12. The second kappa shape index (κ2) is 15.7. The fraction of sp³-hybridized carbons (Fsp3) is 0.306. The van der Waals surface area contributed by atoms with Gasteiger partial charge < -0.3 is 31.2 Å². The number of thiophene rings is 1. The van der Waals surface area contributed by atoms with Crippen LogP contribution < -0.4 is 26.4 Å². The van der Waals surface area contributed by atoms with Crippen LogP contribution in [0.15, 0.2) is 53.9 Å². The Hall–Kier alpha value is -5.07. The van der Waals surface area contributed by atoms with Crippen molar-refractivity contribution in [1.29, 1.82) is 0 Å². The van der Waals surface area contributed by atoms with Crippen LogP contribution in [-0.4, -0.2) is 55.5 Å². The lowest BCUT2D eigenvalue weighted by molar-refractivity contribution is -0.120. The molecule has 5 rings (SSSR count). The van der Waals surface area contributed by atoms with E-state index in [0.29, 0.717) is 54.2 Å². The summed E-state index contributed by atoms with van der Waals surface area (Å²) in [5.41, 5.74) is 10.4. The lowest BCUT2D eigenvalue weighted by Crippen LogP contribution is -2.26. The number of hydrogen-bond acceptors (Lipinski definition) is 9. The number of esters is 1. The van der Waals surface area contributed by atoms with Crippen molar-refractivity contribution in [3.63, 3.8) is 0 Å². The molecule has 1 aliphatic heterocycles. The number of aromatic nitrogens is 1. The number of hydrogen-bond donors (Lipinski definition) is 4. The van der Waals surface area contributed by atoms with Gasteiger partial charge in [-0.1, -0.05) is 26.0 Å². The summed E-state index contributed by atoms with van der Waals surface area (Å²) in [4.78, 5) is 58.4. The first kappa shape index (κ1) is 34.3. The maximum absolute atomic E-state index is 14.4. The first-order chi connectivity index (χ1) is 23.3. The predicted molar refractivity (Wildman–Crippen MR) is 185 cm³/mol. The van der Waals surface area contributed by atoms with Gasteiger partial charge in [0.1, 0.15) is 11.4 Å². The smallest absolute Gasteiger partial charge is 0.357 e. The SMILES string of the molecule is CCCNC(=O)Cc1cc(CN)ccc1NC(=O)c1cc2c(cc1-c1ccc(C(=O)NCCC)nc1C(=O)OC)OCCc1ccsc1-2. The minimum atomic E-state index is -0.768. The maximum Gasteiger partial charge on any atom is 0.357 e. The zero-order valence-corrected chi connectivity index (χ0v) is 28.1. The molecule has 48 heavy (non-hydrogen) atoms. The van der Waals surface area contributed by atoms with E-state index in [1.165, 1.54) is 13.2 Å². The lowest BCUT2D eigenvalue weighted by Gasteiger charge is -2.18. The van der Waals surface area contributed by atoms with Gasteiger partial charge in [0, 0.05) is 58.9 Å². The van der Waals surface area contributed by atoms with Crippen LogP contribution in [0, 0.1) is 0 Å². The van der Waals surface area contributed by atoms with Crippen molar-refractivity contribution in [2.45, 2.75) is 46.1 Å². The molecule has 0 saturated heterocycles. The molecule has 3 heterocycles. The quantitative estimate of drug-likeness (QED) is 0.151. The van der Waals surface area contributed by atoms with E-state index in [4.69, 9.17) is 15.2 Å². The molecule has 0 saturated carbocycles. The van der Waals surface area contributed by atoms with Gasteiger partial charge in [0.2, 0.25) is 5.91 Å². The van der Waals surface area contributed by atoms with Crippen molar-refractivity contribution in [1.82, 2.24) is 15.6 Å². The minimum Gasteiger partial charge on any atom is -0.493 e. The van der Waals surface area contributed by atoms with Crippen LogP contribution in [0.2, 0.25) is 0 Å². The summed E-state index contributed by atoms with van der Waals surface area (Å²) in [7, 11) is 1.23. The van der Waals surface area contributed by atoms with Crippen LogP contribution >= 0.6 is 11.3 Å². The fourth-order valence-corrected chi connectivity index (χ4v) is 6.42. The molecule has 2 aromatic heterocycles. The van der Waals surface area contributed by atoms with Crippen LogP contribution in [-0.2, 0) is 28.9 Å². The number of carbonyl (C=O) groups excluding carboxylic acids is 4. The Morgan fingerprint density at radius 1 is 0.938 bits per heavy atom. The molecule has 5 N–H and O–H groups in total. The monoisotopic (exact) mass is 669 g/mol. The average Bonchev–Trinajstić information content (AvgIpc) is 3.50. The highest BCUT2D eigenvalue weighted by Crippen LogP contribution is 2.43. The summed E-state index contributed by atoms with van der Waals surface area (Å²) in [6, 6.07) is 14.0. The molecule has 0 spiro atoms. The number of ether oxygens (including phenoxy) is 2. The molecule has 0 unspecified atom stereocenters. The summed E-state index contributed by atoms with van der Waals surface area (Å²) in [6.07, 6.45) is 2.26. The molecule has 0 fully saturated rings. The van der Waals surface area contributed by atoms with E-state index in [1.54, 1.807) is 41.7 Å². The summed E-state index contributed by atoms with van der Waals surface area (Å²) in [5, 5.41) is 10.7. The maximum atomic E-state index is 14.4. The normalized spacial score (nSPS) is 11.8. The molecule has 0 atom stereocenters. The summed E-state index contributed by atoms with van der Waals surface area (Å²) >= 11 is 1.55. The second-order valence-electron chi connectivity index (χ2n) is 11.3. The van der Waals surface area contributed by atoms with E-state index in [9.17, 15) is 19.2 Å². The van der Waals surface area contributed by atoms with E-state index in [-0.39, 0.29) is 35.8 Å². The van der Waals surface area contributed by atoms with Crippen molar-refractivity contribution in [2.75, 3.05) is 32.1 Å². The Kier molecular flexibility index (Phi) is 11.2. The van der Waals surface area contributed by atoms with Crippen LogP contribution in [0.3, 0.4) is 0 Å². The van der Waals surface area contributed by atoms with Crippen LogP contribution in [0.4, 0.5) is 5.69 Å². The number of amides is 3. The molecule has 1 aliphatic rings. The molecular weight excluding hydrogens is 630 g/mol. The molecule has 12 heteroatoms. The molecule has 250 valence electrons. The van der Waals surface area contributed by atoms with E-state index in [2.05, 4.69) is 20.9 Å². The summed E-state index contributed by atoms with van der Waals surface area (Å²) in [5.74, 6) is -1.31. The highest BCUT2D eigenvalue weighted by molar-refractivity contribution is 7.13. The van der Waals surface area contributed by atoms with Gasteiger partial charge in [0.15, 0.2) is 5.69 Å². The highest BCUT2D eigenvalue weighted by atomic mass is 32.1. The van der Waals surface area contributed by atoms with Crippen molar-refractivity contribution < 1.29 is 28.7 Å². The van der Waals surface area contributed by atoms with E-state index >= 15 is 0 Å². The number of nitrogens with two attached hydrogens (primary N) is 1. The molecule has 0 aliphatic carbocycles. The molecule has 0 radical (unpaired) electrons. The number of fused-ring (bicyclic) bond motifs is 3. The van der Waals surface area contributed by atoms with Crippen LogP contribution in [0.5, 0.6) is 5.75 Å². The molecule has 0 bridgehead atoms. The summed E-state index contributed by atoms with van der Waals surface area (Å²) in [6.45, 7) is 5.58. The molecule has 11 nitrogen and oxygen atoms in total. The van der Waals surface area contributed by atoms with Gasteiger partial charge in [-0.05, 0) is 71.3 Å². The van der Waals surface area contributed by atoms with Gasteiger partial charge in [-0.2, -0.15) is 0 Å². The first-order valence-electron chi connectivity index (χ1n) is 15.9. The average molecular weight is 670 g/mol. The molecular formula is C36H39N5O6S. The van der Waals surface area contributed by atoms with Crippen molar-refractivity contribution in [2.24, 2.45) is 5.73 Å². The van der Waals surface area contributed by atoms with Crippen molar-refractivity contribution in [3.8, 4) is 27.3 Å². The standard InChI is InChI=1S/C36H39N5O6S/c1-4-12-38-31(42)17-23-16-21(20-37)6-8-28(23)41-34(43)26-18-27-30(47-14-10-22-11-15-48-33(22)27)19-25(26)24-7-9-29(35(44)39-13-5-2)40-32(24)36(45)46-3/h6-9,11,15-16,18-19H,4-5,10,12-14,17,20,37H2,1-3H3,(H,38,42)(H,39,44)(H,41,43). The zero-order valence-electron chi connectivity index (χ0n) is 27.2. The van der Waals surface area contributed by atoms with Crippen LogP contribution in [0.1, 0.15) is 74.7 Å². The van der Waals surface area contributed by atoms with Crippen LogP contribution in [0.25, 0.3) is 21.6 Å². The minimum absolute atomic E-state index is 0.0406. The third kappa shape index (κ3) is 7.56. The second-order valence-corrected chi connectivity index (χ2v) is 12.2. The Bertz CT molecular complexity index is 1850. The van der Waals surface area contributed by atoms with Gasteiger partial charge in [-0.25, -0.2) is 9.78 Å². The van der Waals surface area contributed by atoms with E-state index < -0.39 is 17.8 Å².